The molecule has 1 unspecified atom stereocenters. The Bertz CT molecular complexity index is 617. The molecule has 106 valence electrons. The van der Waals surface area contributed by atoms with Gasteiger partial charge in [0, 0.05) is 17.1 Å². The molecule has 2 aromatic rings. The van der Waals surface area contributed by atoms with Gasteiger partial charge in [0.05, 0.1) is 5.02 Å². The molecule has 2 nitrogen and oxygen atoms in total. The molecule has 0 radical (unpaired) electrons. The van der Waals surface area contributed by atoms with Gasteiger partial charge in [-0.3, -0.25) is 0 Å². The van der Waals surface area contributed by atoms with Gasteiger partial charge in [-0.25, -0.2) is 4.39 Å². The summed E-state index contributed by atoms with van der Waals surface area (Å²) in [7, 11) is 0. The van der Waals surface area contributed by atoms with Crippen LogP contribution in [0.5, 0.6) is 11.5 Å². The van der Waals surface area contributed by atoms with Crippen LogP contribution in [0.25, 0.3) is 0 Å². The molecule has 2 N–H and O–H groups in total. The van der Waals surface area contributed by atoms with Crippen molar-refractivity contribution in [2.45, 2.75) is 19.4 Å². The number of benzene rings is 2. The van der Waals surface area contributed by atoms with E-state index in [4.69, 9.17) is 33.7 Å². The Morgan fingerprint density at radius 2 is 1.95 bits per heavy atom. The molecular weight excluding hydrogens is 300 g/mol. The van der Waals surface area contributed by atoms with Gasteiger partial charge >= 0.3 is 0 Å². The minimum Gasteiger partial charge on any atom is -0.457 e. The first-order valence-corrected chi connectivity index (χ1v) is 6.88. The van der Waals surface area contributed by atoms with Crippen LogP contribution in [0, 0.1) is 5.82 Å². The number of nitrogens with two attached hydrogens (primary N) is 1. The van der Waals surface area contributed by atoms with Crippen LogP contribution in [0.3, 0.4) is 0 Å². The highest BCUT2D eigenvalue weighted by Crippen LogP contribution is 2.30. The van der Waals surface area contributed by atoms with Crippen molar-refractivity contribution in [3.05, 3.63) is 57.8 Å². The van der Waals surface area contributed by atoms with Gasteiger partial charge < -0.3 is 10.5 Å². The summed E-state index contributed by atoms with van der Waals surface area (Å²) in [4.78, 5) is 0. The van der Waals surface area contributed by atoms with E-state index in [9.17, 15) is 4.39 Å². The smallest absolute Gasteiger partial charge is 0.142 e. The first kappa shape index (κ1) is 15.1. The number of rotatable bonds is 4. The third kappa shape index (κ3) is 3.85. The highest BCUT2D eigenvalue weighted by atomic mass is 35.5. The molecule has 0 heterocycles. The van der Waals surface area contributed by atoms with Gasteiger partial charge in [-0.2, -0.15) is 0 Å². The lowest BCUT2D eigenvalue weighted by Crippen LogP contribution is -2.18. The Hall–Kier alpha value is -1.29. The molecule has 0 spiro atoms. The Labute approximate surface area is 127 Å². The van der Waals surface area contributed by atoms with Crippen LogP contribution in [0.15, 0.2) is 36.4 Å². The fraction of sp³-hybridized carbons (Fsp3) is 0.200. The van der Waals surface area contributed by atoms with Gasteiger partial charge in [0.15, 0.2) is 0 Å². The molecule has 1 atom stereocenters. The van der Waals surface area contributed by atoms with Crippen molar-refractivity contribution >= 4 is 23.2 Å². The van der Waals surface area contributed by atoms with Crippen LogP contribution < -0.4 is 10.5 Å². The summed E-state index contributed by atoms with van der Waals surface area (Å²) < 4.78 is 18.9. The van der Waals surface area contributed by atoms with E-state index >= 15 is 0 Å². The van der Waals surface area contributed by atoms with E-state index in [1.54, 1.807) is 12.1 Å². The van der Waals surface area contributed by atoms with Crippen LogP contribution in [-0.2, 0) is 6.42 Å². The van der Waals surface area contributed by atoms with Gasteiger partial charge in [0.2, 0.25) is 0 Å². The van der Waals surface area contributed by atoms with Gasteiger partial charge in [-0.1, -0.05) is 23.2 Å². The lowest BCUT2D eigenvalue weighted by atomic mass is 10.1. The first-order chi connectivity index (χ1) is 9.45. The summed E-state index contributed by atoms with van der Waals surface area (Å²) >= 11 is 11.7. The second-order valence-electron chi connectivity index (χ2n) is 4.61. The van der Waals surface area contributed by atoms with E-state index in [0.29, 0.717) is 22.9 Å². The molecule has 5 heteroatoms. The molecule has 0 saturated carbocycles. The summed E-state index contributed by atoms with van der Waals surface area (Å²) in [5, 5.41) is 0.635. The minimum absolute atomic E-state index is 0.0187. The van der Waals surface area contributed by atoms with E-state index in [1.165, 1.54) is 18.2 Å². The molecule has 0 aromatic heterocycles. The molecule has 20 heavy (non-hydrogen) atoms. The second kappa shape index (κ2) is 6.44. The number of ether oxygens (including phenoxy) is 1. The lowest BCUT2D eigenvalue weighted by Gasteiger charge is -2.13. The van der Waals surface area contributed by atoms with Crippen LogP contribution in [0.1, 0.15) is 12.5 Å². The highest BCUT2D eigenvalue weighted by molar-refractivity contribution is 6.31. The minimum atomic E-state index is -0.481. The molecule has 0 aliphatic rings. The van der Waals surface area contributed by atoms with Gasteiger partial charge in [-0.15, -0.1) is 0 Å². The van der Waals surface area contributed by atoms with Crippen molar-refractivity contribution in [2.24, 2.45) is 5.73 Å². The zero-order valence-corrected chi connectivity index (χ0v) is 12.4. The van der Waals surface area contributed by atoms with Crippen molar-refractivity contribution in [1.29, 1.82) is 0 Å². The Balaban J connectivity index is 2.30. The molecular formula is C15H14Cl2FNO. The first-order valence-electron chi connectivity index (χ1n) is 6.12. The Kier molecular flexibility index (Phi) is 4.86. The fourth-order valence-corrected chi connectivity index (χ4v) is 2.19. The molecule has 0 aliphatic carbocycles. The standard InChI is InChI=1S/C15H14Cl2FNO/c1-9(19)6-10-7-11(16)2-5-15(10)20-12-3-4-14(18)13(17)8-12/h2-5,7-9H,6,19H2,1H3. The molecule has 0 bridgehead atoms. The average molecular weight is 314 g/mol. The van der Waals surface area contributed by atoms with Crippen LogP contribution in [-0.4, -0.2) is 6.04 Å². The van der Waals surface area contributed by atoms with E-state index in [-0.39, 0.29) is 11.1 Å². The molecule has 0 aliphatic heterocycles. The molecule has 2 rings (SSSR count). The second-order valence-corrected chi connectivity index (χ2v) is 5.46. The monoisotopic (exact) mass is 313 g/mol. The molecule has 0 amide bonds. The number of halogens is 3. The SMILES string of the molecule is CC(N)Cc1cc(Cl)ccc1Oc1ccc(F)c(Cl)c1. The van der Waals surface area contributed by atoms with Crippen molar-refractivity contribution in [1.82, 2.24) is 0 Å². The predicted octanol–water partition coefficient (Wildman–Crippen LogP) is 4.81. The highest BCUT2D eigenvalue weighted by Gasteiger charge is 2.09. The summed E-state index contributed by atoms with van der Waals surface area (Å²) in [5.41, 5.74) is 6.71. The predicted molar refractivity (Wildman–Crippen MR) is 80.3 cm³/mol. The van der Waals surface area contributed by atoms with Crippen molar-refractivity contribution < 1.29 is 9.13 Å². The largest absolute Gasteiger partial charge is 0.457 e. The maximum atomic E-state index is 13.1. The maximum Gasteiger partial charge on any atom is 0.142 e. The molecule has 0 saturated heterocycles. The maximum absolute atomic E-state index is 13.1. The Morgan fingerprint density at radius 1 is 1.20 bits per heavy atom. The van der Waals surface area contributed by atoms with Crippen LogP contribution in [0.2, 0.25) is 10.0 Å². The van der Waals surface area contributed by atoms with Crippen LogP contribution >= 0.6 is 23.2 Å². The molecule has 0 fully saturated rings. The van der Waals surface area contributed by atoms with E-state index < -0.39 is 5.82 Å². The Morgan fingerprint density at radius 3 is 2.60 bits per heavy atom. The van der Waals surface area contributed by atoms with Gasteiger partial charge in [0.1, 0.15) is 17.3 Å². The van der Waals surface area contributed by atoms with E-state index in [2.05, 4.69) is 0 Å². The lowest BCUT2D eigenvalue weighted by molar-refractivity contribution is 0.472. The molecule has 2 aromatic carbocycles. The quantitative estimate of drug-likeness (QED) is 0.878. The summed E-state index contributed by atoms with van der Waals surface area (Å²) in [6.07, 6.45) is 0.630. The van der Waals surface area contributed by atoms with E-state index in [1.807, 2.05) is 13.0 Å². The van der Waals surface area contributed by atoms with Crippen molar-refractivity contribution in [3.63, 3.8) is 0 Å². The van der Waals surface area contributed by atoms with E-state index in [0.717, 1.165) is 5.56 Å². The number of hydrogen-bond donors (Lipinski definition) is 1. The van der Waals surface area contributed by atoms with Crippen molar-refractivity contribution in [3.8, 4) is 11.5 Å². The summed E-state index contributed by atoms with van der Waals surface area (Å²) in [5.74, 6) is 0.616. The zero-order chi connectivity index (χ0) is 14.7. The summed E-state index contributed by atoms with van der Waals surface area (Å²) in [6, 6.07) is 9.49. The van der Waals surface area contributed by atoms with Crippen LogP contribution in [0.4, 0.5) is 4.39 Å². The third-order valence-electron chi connectivity index (χ3n) is 2.68. The summed E-state index contributed by atoms with van der Waals surface area (Å²) in [6.45, 7) is 1.90. The van der Waals surface area contributed by atoms with Crippen molar-refractivity contribution in [2.75, 3.05) is 0 Å². The number of hydrogen-bond acceptors (Lipinski definition) is 2. The zero-order valence-electron chi connectivity index (χ0n) is 10.9. The topological polar surface area (TPSA) is 35.2 Å². The fourth-order valence-electron chi connectivity index (χ4n) is 1.82. The van der Waals surface area contributed by atoms with Gasteiger partial charge in [0.25, 0.3) is 0 Å². The van der Waals surface area contributed by atoms with Gasteiger partial charge in [-0.05, 0) is 49.2 Å². The third-order valence-corrected chi connectivity index (χ3v) is 3.21. The normalized spacial score (nSPS) is 12.2. The average Bonchev–Trinajstić information content (AvgIpc) is 2.36.